The highest BCUT2D eigenvalue weighted by molar-refractivity contribution is 6.30. The third-order valence-electron chi connectivity index (χ3n) is 4.41. The molecule has 2 aromatic carbocycles. The molecule has 0 aliphatic carbocycles. The van der Waals surface area contributed by atoms with E-state index < -0.39 is 0 Å². The maximum atomic E-state index is 7.09. The molecule has 0 fully saturated rings. The maximum absolute atomic E-state index is 7.09. The van der Waals surface area contributed by atoms with Crippen molar-refractivity contribution in [3.05, 3.63) is 88.7 Å². The zero-order chi connectivity index (χ0) is 19.8. The van der Waals surface area contributed by atoms with Crippen molar-refractivity contribution >= 4 is 23.8 Å². The molecular formula is C22H24ClN5. The number of benzene rings is 2. The summed E-state index contributed by atoms with van der Waals surface area (Å²) >= 11 is 6.05. The molecule has 0 amide bonds. The van der Waals surface area contributed by atoms with Crippen LogP contribution >= 0.6 is 11.6 Å². The second-order valence-corrected chi connectivity index (χ2v) is 6.98. The van der Waals surface area contributed by atoms with E-state index in [1.54, 1.807) is 6.21 Å². The molecule has 5 nitrogen and oxygen atoms in total. The van der Waals surface area contributed by atoms with Crippen LogP contribution in [0.2, 0.25) is 5.02 Å². The zero-order valence-corrected chi connectivity index (χ0v) is 16.4. The van der Waals surface area contributed by atoms with Crippen molar-refractivity contribution < 1.29 is 0 Å². The number of guanidine groups is 1. The molecule has 0 saturated carbocycles. The van der Waals surface area contributed by atoms with Crippen LogP contribution < -0.4 is 11.2 Å². The molecule has 0 atom stereocenters. The summed E-state index contributed by atoms with van der Waals surface area (Å²) in [7, 11) is 0. The van der Waals surface area contributed by atoms with Gasteiger partial charge in [0.15, 0.2) is 0 Å². The van der Waals surface area contributed by atoms with Gasteiger partial charge in [0.25, 0.3) is 0 Å². The highest BCUT2D eigenvalue weighted by atomic mass is 35.5. The number of nitrogens with one attached hydrogen (secondary N) is 2. The van der Waals surface area contributed by atoms with Crippen LogP contribution in [0.3, 0.4) is 0 Å². The molecule has 3 rings (SSSR count). The van der Waals surface area contributed by atoms with Crippen LogP contribution in [0.25, 0.3) is 5.69 Å². The first-order valence-corrected chi connectivity index (χ1v) is 9.61. The van der Waals surface area contributed by atoms with Gasteiger partial charge >= 0.3 is 0 Å². The van der Waals surface area contributed by atoms with Crippen molar-refractivity contribution in [3.8, 4) is 5.69 Å². The Morgan fingerprint density at radius 2 is 1.79 bits per heavy atom. The van der Waals surface area contributed by atoms with Crippen molar-refractivity contribution in [2.45, 2.75) is 25.7 Å². The van der Waals surface area contributed by atoms with E-state index in [0.717, 1.165) is 36.4 Å². The molecule has 28 heavy (non-hydrogen) atoms. The minimum Gasteiger partial charge on any atom is -0.369 e. The fourth-order valence-electron chi connectivity index (χ4n) is 3.07. The molecule has 0 bridgehead atoms. The summed E-state index contributed by atoms with van der Waals surface area (Å²) in [5.41, 5.74) is 12.6. The number of halogens is 1. The van der Waals surface area contributed by atoms with Crippen molar-refractivity contribution in [1.29, 1.82) is 5.41 Å². The Labute approximate surface area is 170 Å². The van der Waals surface area contributed by atoms with E-state index in [9.17, 15) is 0 Å². The molecule has 0 saturated heterocycles. The lowest BCUT2D eigenvalue weighted by atomic mass is 10.1. The number of hydrogen-bond acceptors (Lipinski definition) is 2. The topological polar surface area (TPSA) is 79.2 Å². The molecule has 0 unspecified atom stereocenters. The molecule has 4 N–H and O–H groups in total. The minimum atomic E-state index is -0.159. The summed E-state index contributed by atoms with van der Waals surface area (Å²) < 4.78 is 2.24. The lowest BCUT2D eigenvalue weighted by Gasteiger charge is -2.09. The average molecular weight is 394 g/mol. The Bertz CT molecular complexity index is 929. The Hall–Kier alpha value is -3.05. The van der Waals surface area contributed by atoms with Crippen molar-refractivity contribution in [2.24, 2.45) is 10.8 Å². The molecule has 1 heterocycles. The molecule has 1 aromatic heterocycles. The van der Waals surface area contributed by atoms with Gasteiger partial charge in [-0.25, -0.2) is 5.43 Å². The quantitative estimate of drug-likeness (QED) is 0.303. The van der Waals surface area contributed by atoms with E-state index >= 15 is 0 Å². The smallest absolute Gasteiger partial charge is 0.206 e. The summed E-state index contributed by atoms with van der Waals surface area (Å²) in [5.74, 6) is -0.159. The summed E-state index contributed by atoms with van der Waals surface area (Å²) in [6.45, 7) is 0. The number of hydrogen-bond donors (Lipinski definition) is 3. The Balaban J connectivity index is 1.75. The summed E-state index contributed by atoms with van der Waals surface area (Å²) in [4.78, 5) is 0. The van der Waals surface area contributed by atoms with Gasteiger partial charge in [-0.1, -0.05) is 41.9 Å². The highest BCUT2D eigenvalue weighted by Gasteiger charge is 2.08. The first-order chi connectivity index (χ1) is 13.6. The lowest BCUT2D eigenvalue weighted by Crippen LogP contribution is -2.25. The van der Waals surface area contributed by atoms with Gasteiger partial charge in [-0.3, -0.25) is 5.41 Å². The number of aromatic nitrogens is 1. The Morgan fingerprint density at radius 1 is 1.04 bits per heavy atom. The van der Waals surface area contributed by atoms with E-state index in [0.29, 0.717) is 0 Å². The first-order valence-electron chi connectivity index (χ1n) is 9.23. The second-order valence-electron chi connectivity index (χ2n) is 6.55. The van der Waals surface area contributed by atoms with Gasteiger partial charge < -0.3 is 10.3 Å². The normalized spacial score (nSPS) is 11.0. The lowest BCUT2D eigenvalue weighted by molar-refractivity contribution is 0.865. The Morgan fingerprint density at radius 3 is 2.50 bits per heavy atom. The molecule has 6 heteroatoms. The third-order valence-corrected chi connectivity index (χ3v) is 4.66. The minimum absolute atomic E-state index is 0.159. The van der Waals surface area contributed by atoms with Gasteiger partial charge in [-0.05, 0) is 67.1 Å². The maximum Gasteiger partial charge on any atom is 0.206 e. The number of rotatable bonds is 8. The number of nitrogens with zero attached hydrogens (tertiary/aromatic N) is 2. The molecule has 0 spiro atoms. The SMILES string of the molecule is N=C(N)NN=CCCc1cc(CCc2ccccc2)n(-c2ccc(Cl)cc2)c1. The van der Waals surface area contributed by atoms with E-state index in [-0.39, 0.29) is 5.96 Å². The molecule has 0 aliphatic heterocycles. The molecular weight excluding hydrogens is 370 g/mol. The Kier molecular flexibility index (Phi) is 6.87. The number of nitrogens with two attached hydrogens (primary N) is 1. The van der Waals surface area contributed by atoms with Gasteiger partial charge in [0, 0.05) is 28.8 Å². The van der Waals surface area contributed by atoms with Crippen molar-refractivity contribution in [3.63, 3.8) is 0 Å². The fourth-order valence-corrected chi connectivity index (χ4v) is 3.19. The van der Waals surface area contributed by atoms with E-state index in [2.05, 4.69) is 51.6 Å². The monoisotopic (exact) mass is 393 g/mol. The van der Waals surface area contributed by atoms with Crippen LogP contribution in [0.15, 0.2) is 72.0 Å². The predicted molar refractivity (Wildman–Crippen MR) is 116 cm³/mol. The second kappa shape index (κ2) is 9.76. The summed E-state index contributed by atoms with van der Waals surface area (Å²) in [5, 5.41) is 11.7. The molecule has 3 aromatic rings. The summed E-state index contributed by atoms with van der Waals surface area (Å²) in [6.07, 6.45) is 7.49. The average Bonchev–Trinajstić information content (AvgIpc) is 3.10. The standard InChI is InChI=1S/C22H24ClN5/c23-19-9-12-20(13-10-19)28-16-18(7-4-14-26-27-22(24)25)15-21(28)11-8-17-5-2-1-3-6-17/h1-3,5-6,9-10,12-16H,4,7-8,11H2,(H4,24,25,27). The van der Waals surface area contributed by atoms with Gasteiger partial charge in [-0.2, -0.15) is 5.10 Å². The van der Waals surface area contributed by atoms with Crippen LogP contribution in [-0.4, -0.2) is 16.7 Å². The van der Waals surface area contributed by atoms with Gasteiger partial charge in [0.2, 0.25) is 5.96 Å². The van der Waals surface area contributed by atoms with Crippen LogP contribution in [0.5, 0.6) is 0 Å². The predicted octanol–water partition coefficient (Wildman–Crippen LogP) is 4.32. The van der Waals surface area contributed by atoms with E-state index in [1.165, 1.54) is 16.8 Å². The van der Waals surface area contributed by atoms with Gasteiger partial charge in [0.1, 0.15) is 0 Å². The molecule has 144 valence electrons. The van der Waals surface area contributed by atoms with Crippen LogP contribution in [-0.2, 0) is 19.3 Å². The van der Waals surface area contributed by atoms with Crippen LogP contribution in [0.1, 0.15) is 23.2 Å². The molecule has 0 aliphatic rings. The summed E-state index contributed by atoms with van der Waals surface area (Å²) in [6, 6.07) is 20.7. The van der Waals surface area contributed by atoms with Gasteiger partial charge in [-0.15, -0.1) is 0 Å². The first kappa shape index (κ1) is 19.7. The van der Waals surface area contributed by atoms with Crippen LogP contribution in [0.4, 0.5) is 0 Å². The third kappa shape index (κ3) is 5.72. The zero-order valence-electron chi connectivity index (χ0n) is 15.6. The van der Waals surface area contributed by atoms with E-state index in [4.69, 9.17) is 22.7 Å². The van der Waals surface area contributed by atoms with Crippen molar-refractivity contribution in [2.75, 3.05) is 0 Å². The van der Waals surface area contributed by atoms with Crippen LogP contribution in [0, 0.1) is 5.41 Å². The number of hydrazone groups is 1. The van der Waals surface area contributed by atoms with Gasteiger partial charge in [0.05, 0.1) is 0 Å². The largest absolute Gasteiger partial charge is 0.369 e. The number of aryl methyl sites for hydroxylation is 3. The molecule has 0 radical (unpaired) electrons. The fraction of sp³-hybridized carbons (Fsp3) is 0.182. The highest BCUT2D eigenvalue weighted by Crippen LogP contribution is 2.20. The van der Waals surface area contributed by atoms with Crippen molar-refractivity contribution in [1.82, 2.24) is 9.99 Å². The van der Waals surface area contributed by atoms with E-state index in [1.807, 2.05) is 30.3 Å².